The van der Waals surface area contributed by atoms with Gasteiger partial charge >= 0.3 is 0 Å². The van der Waals surface area contributed by atoms with Crippen LogP contribution in [0.4, 0.5) is 0 Å². The summed E-state index contributed by atoms with van der Waals surface area (Å²) in [4.78, 5) is 17.1. The molecular weight excluding hydrogens is 370 g/mol. The Kier molecular flexibility index (Phi) is 6.19. The summed E-state index contributed by atoms with van der Waals surface area (Å²) in [5, 5.41) is 13.4. The molecule has 0 bridgehead atoms. The van der Waals surface area contributed by atoms with Gasteiger partial charge in [0.2, 0.25) is 0 Å². The predicted octanol–water partition coefficient (Wildman–Crippen LogP) is 2.97. The molecule has 2 aromatic heterocycles. The molecule has 152 valence electrons. The van der Waals surface area contributed by atoms with E-state index < -0.39 is 6.10 Å². The first kappa shape index (κ1) is 20.4. The van der Waals surface area contributed by atoms with E-state index in [1.165, 1.54) is 7.11 Å². The second-order valence-electron chi connectivity index (χ2n) is 6.64. The molecular formula is C22H25N3O4. The van der Waals surface area contributed by atoms with E-state index in [0.717, 1.165) is 17.2 Å². The molecule has 2 heterocycles. The number of ether oxygens (including phenoxy) is 2. The number of aryl methyl sites for hydroxylation is 1. The molecule has 1 unspecified atom stereocenters. The summed E-state index contributed by atoms with van der Waals surface area (Å²) in [6.45, 7) is 3.84. The lowest BCUT2D eigenvalue weighted by Crippen LogP contribution is -2.29. The average Bonchev–Trinajstić information content (AvgIpc) is 3.05. The maximum atomic E-state index is 12.8. The number of aliphatic hydroxyl groups excluding tert-OH is 1. The monoisotopic (exact) mass is 395 g/mol. The molecule has 1 amide bonds. The molecule has 3 rings (SSSR count). The highest BCUT2D eigenvalue weighted by atomic mass is 16.5. The van der Waals surface area contributed by atoms with Gasteiger partial charge in [0.15, 0.2) is 0 Å². The number of aromatic nitrogens is 2. The molecule has 0 aliphatic heterocycles. The number of methoxy groups -OCH3 is 2. The van der Waals surface area contributed by atoms with E-state index in [1.807, 2.05) is 42.7 Å². The van der Waals surface area contributed by atoms with E-state index in [-0.39, 0.29) is 12.5 Å². The first-order valence-corrected chi connectivity index (χ1v) is 9.24. The van der Waals surface area contributed by atoms with Crippen molar-refractivity contribution < 1.29 is 19.4 Å². The van der Waals surface area contributed by atoms with E-state index in [1.54, 1.807) is 31.5 Å². The molecule has 0 saturated carbocycles. The van der Waals surface area contributed by atoms with Gasteiger partial charge in [0, 0.05) is 29.7 Å². The fourth-order valence-electron chi connectivity index (χ4n) is 3.33. The zero-order valence-corrected chi connectivity index (χ0v) is 17.0. The van der Waals surface area contributed by atoms with Crippen molar-refractivity contribution >= 4 is 5.91 Å². The third kappa shape index (κ3) is 4.25. The Labute approximate surface area is 169 Å². The summed E-state index contributed by atoms with van der Waals surface area (Å²) in [6.07, 6.45) is 0.773. The van der Waals surface area contributed by atoms with E-state index in [0.29, 0.717) is 22.6 Å². The third-order valence-corrected chi connectivity index (χ3v) is 4.81. The molecule has 3 aromatic rings. The normalized spacial score (nSPS) is 11.8. The van der Waals surface area contributed by atoms with Crippen LogP contribution in [0.5, 0.6) is 11.5 Å². The van der Waals surface area contributed by atoms with Crippen molar-refractivity contribution in [2.45, 2.75) is 20.0 Å². The van der Waals surface area contributed by atoms with Gasteiger partial charge in [0.1, 0.15) is 23.4 Å². The number of hydrogen-bond acceptors (Lipinski definition) is 5. The van der Waals surface area contributed by atoms with Crippen molar-refractivity contribution in [2.24, 2.45) is 0 Å². The van der Waals surface area contributed by atoms with Gasteiger partial charge in [-0.05, 0) is 50.2 Å². The second-order valence-corrected chi connectivity index (χ2v) is 6.64. The number of aliphatic hydroxyl groups is 1. The Hall–Kier alpha value is -3.32. The molecule has 0 aliphatic rings. The highest BCUT2D eigenvalue weighted by Crippen LogP contribution is 2.29. The first-order chi connectivity index (χ1) is 14.0. The predicted molar refractivity (Wildman–Crippen MR) is 110 cm³/mol. The van der Waals surface area contributed by atoms with E-state index >= 15 is 0 Å². The van der Waals surface area contributed by atoms with Gasteiger partial charge in [-0.1, -0.05) is 6.07 Å². The summed E-state index contributed by atoms with van der Waals surface area (Å²) in [5.74, 6) is 1.62. The minimum atomic E-state index is -0.941. The van der Waals surface area contributed by atoms with Gasteiger partial charge < -0.3 is 24.5 Å². The van der Waals surface area contributed by atoms with Crippen LogP contribution in [0.1, 0.15) is 33.4 Å². The number of nitrogens with zero attached hydrogens (tertiary/aromatic N) is 2. The fraction of sp³-hybridized carbons (Fsp3) is 0.273. The fourth-order valence-corrected chi connectivity index (χ4v) is 3.33. The van der Waals surface area contributed by atoms with Gasteiger partial charge in [0.25, 0.3) is 5.91 Å². The number of carbonyl (C=O) groups excluding carboxylic acids is 1. The molecule has 0 saturated heterocycles. The van der Waals surface area contributed by atoms with E-state index in [4.69, 9.17) is 9.47 Å². The highest BCUT2D eigenvalue weighted by Gasteiger charge is 2.20. The van der Waals surface area contributed by atoms with Gasteiger partial charge in [0.05, 0.1) is 19.8 Å². The molecule has 0 aliphatic carbocycles. The largest absolute Gasteiger partial charge is 0.497 e. The van der Waals surface area contributed by atoms with Crippen LogP contribution in [0.15, 0.2) is 48.7 Å². The molecule has 0 radical (unpaired) electrons. The SMILES string of the molecule is COc1ccc(OC)c(C(O)CNC(=O)c2cc(C)n(-c3ccccn3)c2C)c1. The summed E-state index contributed by atoms with van der Waals surface area (Å²) in [6, 6.07) is 12.6. The van der Waals surface area contributed by atoms with Gasteiger partial charge in [-0.2, -0.15) is 0 Å². The molecule has 1 atom stereocenters. The molecule has 29 heavy (non-hydrogen) atoms. The molecule has 7 heteroatoms. The lowest BCUT2D eigenvalue weighted by Gasteiger charge is -2.16. The van der Waals surface area contributed by atoms with Crippen LogP contribution in [-0.2, 0) is 0 Å². The van der Waals surface area contributed by atoms with Crippen molar-refractivity contribution in [3.8, 4) is 17.3 Å². The van der Waals surface area contributed by atoms with E-state index in [2.05, 4.69) is 10.3 Å². The molecule has 1 aromatic carbocycles. The van der Waals surface area contributed by atoms with Crippen molar-refractivity contribution in [3.63, 3.8) is 0 Å². The summed E-state index contributed by atoms with van der Waals surface area (Å²) >= 11 is 0. The Balaban J connectivity index is 1.77. The minimum Gasteiger partial charge on any atom is -0.497 e. The van der Waals surface area contributed by atoms with Crippen molar-refractivity contribution in [1.29, 1.82) is 0 Å². The number of rotatable bonds is 7. The first-order valence-electron chi connectivity index (χ1n) is 9.24. The Morgan fingerprint density at radius 3 is 2.62 bits per heavy atom. The number of hydrogen-bond donors (Lipinski definition) is 2. The smallest absolute Gasteiger partial charge is 0.253 e. The highest BCUT2D eigenvalue weighted by molar-refractivity contribution is 5.95. The molecule has 0 spiro atoms. The summed E-state index contributed by atoms with van der Waals surface area (Å²) < 4.78 is 12.4. The maximum Gasteiger partial charge on any atom is 0.253 e. The topological polar surface area (TPSA) is 85.6 Å². The number of pyridine rings is 1. The van der Waals surface area contributed by atoms with Crippen LogP contribution in [0.2, 0.25) is 0 Å². The average molecular weight is 395 g/mol. The van der Waals surface area contributed by atoms with Crippen LogP contribution in [0, 0.1) is 13.8 Å². The number of benzene rings is 1. The maximum absolute atomic E-state index is 12.8. The quantitative estimate of drug-likeness (QED) is 0.642. The number of amides is 1. The Morgan fingerprint density at radius 2 is 1.97 bits per heavy atom. The summed E-state index contributed by atoms with van der Waals surface area (Å²) in [7, 11) is 3.08. The Morgan fingerprint density at radius 1 is 1.17 bits per heavy atom. The lowest BCUT2D eigenvalue weighted by molar-refractivity contribution is 0.0914. The second kappa shape index (κ2) is 8.79. The van der Waals surface area contributed by atoms with Crippen LogP contribution in [0.3, 0.4) is 0 Å². The van der Waals surface area contributed by atoms with Gasteiger partial charge in [-0.3, -0.25) is 4.79 Å². The lowest BCUT2D eigenvalue weighted by atomic mass is 10.1. The number of nitrogens with one attached hydrogen (secondary N) is 1. The van der Waals surface area contributed by atoms with Crippen molar-refractivity contribution in [2.75, 3.05) is 20.8 Å². The van der Waals surface area contributed by atoms with E-state index in [9.17, 15) is 9.90 Å². The molecule has 2 N–H and O–H groups in total. The zero-order chi connectivity index (χ0) is 21.0. The van der Waals surface area contributed by atoms with Crippen molar-refractivity contribution in [3.05, 3.63) is 71.2 Å². The third-order valence-electron chi connectivity index (χ3n) is 4.81. The molecule has 0 fully saturated rings. The minimum absolute atomic E-state index is 0.0373. The van der Waals surface area contributed by atoms with Crippen molar-refractivity contribution in [1.82, 2.24) is 14.9 Å². The zero-order valence-electron chi connectivity index (χ0n) is 17.0. The van der Waals surface area contributed by atoms with Crippen LogP contribution in [0.25, 0.3) is 5.82 Å². The molecule has 7 nitrogen and oxygen atoms in total. The van der Waals surface area contributed by atoms with Crippen LogP contribution >= 0.6 is 0 Å². The summed E-state index contributed by atoms with van der Waals surface area (Å²) in [5.41, 5.74) is 2.78. The Bertz CT molecular complexity index is 999. The van der Waals surface area contributed by atoms with Crippen LogP contribution in [-0.4, -0.2) is 41.3 Å². The standard InChI is InChI=1S/C22H25N3O4/c1-14-11-17(15(2)25(14)21-7-5-6-10-23-21)22(27)24-13-19(26)18-12-16(28-3)8-9-20(18)29-4/h5-12,19,26H,13H2,1-4H3,(H,24,27). The van der Waals surface area contributed by atoms with Gasteiger partial charge in [-0.15, -0.1) is 0 Å². The number of carbonyl (C=O) groups is 1. The van der Waals surface area contributed by atoms with Gasteiger partial charge in [-0.25, -0.2) is 4.98 Å². The van der Waals surface area contributed by atoms with Crippen LogP contribution < -0.4 is 14.8 Å².